The fraction of sp³-hybridized carbons (Fsp3) is 0.333. The summed E-state index contributed by atoms with van der Waals surface area (Å²) in [6, 6.07) is 4.84. The van der Waals surface area contributed by atoms with E-state index in [0.717, 1.165) is 0 Å². The highest BCUT2D eigenvalue weighted by Crippen LogP contribution is 2.12. The SMILES string of the molecule is N#Cc1ccc(NCC(F)(F)CN)nc1. The van der Waals surface area contributed by atoms with E-state index in [1.807, 2.05) is 6.07 Å². The molecule has 0 fully saturated rings. The van der Waals surface area contributed by atoms with Crippen LogP contribution >= 0.6 is 0 Å². The van der Waals surface area contributed by atoms with E-state index in [1.165, 1.54) is 18.3 Å². The number of nitriles is 1. The molecular formula is C9H10F2N4. The Labute approximate surface area is 85.7 Å². The first-order valence-electron chi connectivity index (χ1n) is 4.25. The lowest BCUT2D eigenvalue weighted by molar-refractivity contribution is 0.0253. The third-order valence-corrected chi connectivity index (χ3v) is 1.72. The lowest BCUT2D eigenvalue weighted by Gasteiger charge is -2.14. The number of pyridine rings is 1. The maximum absolute atomic E-state index is 12.7. The molecule has 0 saturated heterocycles. The van der Waals surface area contributed by atoms with Gasteiger partial charge in [-0.2, -0.15) is 5.26 Å². The lowest BCUT2D eigenvalue weighted by atomic mass is 10.3. The third-order valence-electron chi connectivity index (χ3n) is 1.72. The molecule has 0 aromatic carbocycles. The number of rotatable bonds is 4. The zero-order chi connectivity index (χ0) is 11.3. The molecule has 0 atom stereocenters. The van der Waals surface area contributed by atoms with Crippen LogP contribution in [0.1, 0.15) is 5.56 Å². The highest BCUT2D eigenvalue weighted by atomic mass is 19.3. The molecule has 0 aliphatic heterocycles. The normalized spacial score (nSPS) is 10.8. The van der Waals surface area contributed by atoms with Gasteiger partial charge in [-0.15, -0.1) is 0 Å². The monoisotopic (exact) mass is 212 g/mol. The van der Waals surface area contributed by atoms with Crippen molar-refractivity contribution in [3.8, 4) is 6.07 Å². The summed E-state index contributed by atoms with van der Waals surface area (Å²) < 4.78 is 25.4. The lowest BCUT2D eigenvalue weighted by Crippen LogP contribution is -2.35. The standard InChI is InChI=1S/C9H10F2N4/c10-9(11,5-13)6-15-8-2-1-7(3-12)4-14-8/h1-2,4H,5-6,13H2,(H,14,15). The average Bonchev–Trinajstić information content (AvgIpc) is 2.27. The van der Waals surface area contributed by atoms with E-state index in [1.54, 1.807) is 0 Å². The van der Waals surface area contributed by atoms with Crippen LogP contribution < -0.4 is 11.1 Å². The van der Waals surface area contributed by atoms with Crippen LogP contribution in [0.4, 0.5) is 14.6 Å². The number of nitrogens with two attached hydrogens (primary N) is 1. The second-order valence-corrected chi connectivity index (χ2v) is 2.96. The number of nitrogens with one attached hydrogen (secondary N) is 1. The van der Waals surface area contributed by atoms with Crippen LogP contribution in [0, 0.1) is 11.3 Å². The molecule has 80 valence electrons. The Hall–Kier alpha value is -1.74. The van der Waals surface area contributed by atoms with Crippen LogP contribution in [-0.4, -0.2) is 24.0 Å². The zero-order valence-corrected chi connectivity index (χ0v) is 7.87. The summed E-state index contributed by atoms with van der Waals surface area (Å²) in [6.45, 7) is -1.28. The number of nitrogens with zero attached hydrogens (tertiary/aromatic N) is 2. The maximum atomic E-state index is 12.7. The van der Waals surface area contributed by atoms with Gasteiger partial charge in [-0.25, -0.2) is 13.8 Å². The largest absolute Gasteiger partial charge is 0.364 e. The summed E-state index contributed by atoms with van der Waals surface area (Å²) >= 11 is 0. The second kappa shape index (κ2) is 4.66. The molecule has 1 aromatic heterocycles. The first-order chi connectivity index (χ1) is 7.07. The Bertz CT molecular complexity index is 355. The summed E-state index contributed by atoms with van der Waals surface area (Å²) in [7, 11) is 0. The van der Waals surface area contributed by atoms with Gasteiger partial charge in [-0.3, -0.25) is 0 Å². The van der Waals surface area contributed by atoms with Crippen molar-refractivity contribution in [1.29, 1.82) is 5.26 Å². The molecule has 6 heteroatoms. The van der Waals surface area contributed by atoms with E-state index in [4.69, 9.17) is 11.0 Å². The van der Waals surface area contributed by atoms with E-state index >= 15 is 0 Å². The van der Waals surface area contributed by atoms with Crippen LogP contribution in [-0.2, 0) is 0 Å². The minimum absolute atomic E-state index is 0.294. The van der Waals surface area contributed by atoms with Gasteiger partial charge >= 0.3 is 0 Å². The average molecular weight is 212 g/mol. The number of alkyl halides is 2. The van der Waals surface area contributed by atoms with Gasteiger partial charge in [0.1, 0.15) is 11.9 Å². The molecule has 0 unspecified atom stereocenters. The van der Waals surface area contributed by atoms with Crippen LogP contribution in [0.3, 0.4) is 0 Å². The Kier molecular flexibility index (Phi) is 3.52. The number of hydrogen-bond donors (Lipinski definition) is 2. The number of hydrogen-bond acceptors (Lipinski definition) is 4. The van der Waals surface area contributed by atoms with Crippen molar-refractivity contribution in [3.63, 3.8) is 0 Å². The first kappa shape index (κ1) is 11.3. The minimum Gasteiger partial charge on any atom is -0.364 e. The van der Waals surface area contributed by atoms with Crippen molar-refractivity contribution < 1.29 is 8.78 Å². The van der Waals surface area contributed by atoms with E-state index in [9.17, 15) is 8.78 Å². The van der Waals surface area contributed by atoms with Crippen molar-refractivity contribution in [2.75, 3.05) is 18.4 Å². The van der Waals surface area contributed by atoms with Crippen molar-refractivity contribution in [1.82, 2.24) is 4.98 Å². The molecule has 0 saturated carbocycles. The van der Waals surface area contributed by atoms with Crippen LogP contribution in [0.2, 0.25) is 0 Å². The molecule has 0 spiro atoms. The van der Waals surface area contributed by atoms with Crippen LogP contribution in [0.25, 0.3) is 0 Å². The molecule has 0 radical (unpaired) electrons. The molecule has 0 amide bonds. The molecule has 3 N–H and O–H groups in total. The van der Waals surface area contributed by atoms with Gasteiger partial charge in [0.05, 0.1) is 18.7 Å². The highest BCUT2D eigenvalue weighted by molar-refractivity contribution is 5.39. The summed E-state index contributed by atoms with van der Waals surface area (Å²) in [4.78, 5) is 3.78. The van der Waals surface area contributed by atoms with Gasteiger partial charge in [0, 0.05) is 6.20 Å². The number of aromatic nitrogens is 1. The molecule has 4 nitrogen and oxygen atoms in total. The van der Waals surface area contributed by atoms with Gasteiger partial charge in [-0.05, 0) is 12.1 Å². The van der Waals surface area contributed by atoms with Gasteiger partial charge in [0.15, 0.2) is 0 Å². The van der Waals surface area contributed by atoms with Crippen molar-refractivity contribution in [2.45, 2.75) is 5.92 Å². The van der Waals surface area contributed by atoms with Gasteiger partial charge in [-0.1, -0.05) is 0 Å². The summed E-state index contributed by atoms with van der Waals surface area (Å²) in [5.41, 5.74) is 5.24. The van der Waals surface area contributed by atoms with Crippen LogP contribution in [0.5, 0.6) is 0 Å². The van der Waals surface area contributed by atoms with E-state index in [2.05, 4.69) is 10.3 Å². The fourth-order valence-electron chi connectivity index (χ4n) is 0.857. The fourth-order valence-corrected chi connectivity index (χ4v) is 0.857. The highest BCUT2D eigenvalue weighted by Gasteiger charge is 2.26. The topological polar surface area (TPSA) is 74.7 Å². The predicted molar refractivity (Wildman–Crippen MR) is 51.4 cm³/mol. The van der Waals surface area contributed by atoms with Crippen LogP contribution in [0.15, 0.2) is 18.3 Å². The van der Waals surface area contributed by atoms with Gasteiger partial charge in [0.2, 0.25) is 0 Å². The zero-order valence-electron chi connectivity index (χ0n) is 7.87. The van der Waals surface area contributed by atoms with Gasteiger partial charge < -0.3 is 11.1 Å². The molecule has 0 aliphatic rings. The molecular weight excluding hydrogens is 202 g/mol. The van der Waals surface area contributed by atoms with E-state index in [-0.39, 0.29) is 0 Å². The molecule has 0 bridgehead atoms. The molecule has 15 heavy (non-hydrogen) atoms. The predicted octanol–water partition coefficient (Wildman–Crippen LogP) is 0.959. The Morgan fingerprint density at radius 3 is 2.73 bits per heavy atom. The summed E-state index contributed by atoms with van der Waals surface area (Å²) in [5, 5.41) is 10.9. The molecule has 1 rings (SSSR count). The van der Waals surface area contributed by atoms with Crippen molar-refractivity contribution >= 4 is 5.82 Å². The smallest absolute Gasteiger partial charge is 0.276 e. The molecule has 1 heterocycles. The summed E-state index contributed by atoms with van der Waals surface area (Å²) in [6.07, 6.45) is 1.31. The second-order valence-electron chi connectivity index (χ2n) is 2.96. The van der Waals surface area contributed by atoms with Crippen molar-refractivity contribution in [2.24, 2.45) is 5.73 Å². The first-order valence-corrected chi connectivity index (χ1v) is 4.25. The van der Waals surface area contributed by atoms with Crippen molar-refractivity contribution in [3.05, 3.63) is 23.9 Å². The van der Waals surface area contributed by atoms with E-state index < -0.39 is 19.0 Å². The molecule has 0 aliphatic carbocycles. The Morgan fingerprint density at radius 2 is 2.27 bits per heavy atom. The quantitative estimate of drug-likeness (QED) is 0.779. The number of anilines is 1. The van der Waals surface area contributed by atoms with Gasteiger partial charge in [0.25, 0.3) is 5.92 Å². The molecule has 1 aromatic rings. The minimum atomic E-state index is -2.95. The third kappa shape index (κ3) is 3.48. The summed E-state index contributed by atoms with van der Waals surface area (Å²) in [5.74, 6) is -2.66. The van der Waals surface area contributed by atoms with E-state index in [0.29, 0.717) is 11.4 Å². The Balaban J connectivity index is 2.56. The maximum Gasteiger partial charge on any atom is 0.276 e. The Morgan fingerprint density at radius 1 is 1.53 bits per heavy atom. The number of halogens is 2.